The maximum atomic E-state index is 11.2. The number of piperidine rings is 1. The van der Waals surface area contributed by atoms with Crippen LogP contribution >= 0.6 is 0 Å². The van der Waals surface area contributed by atoms with Crippen molar-refractivity contribution in [1.82, 2.24) is 4.90 Å². The van der Waals surface area contributed by atoms with Gasteiger partial charge in [0.05, 0.1) is 0 Å². The van der Waals surface area contributed by atoms with Crippen LogP contribution in [0.1, 0.15) is 97.8 Å². The average Bonchev–Trinajstić information content (AvgIpc) is 2.59. The smallest absolute Gasteiger partial charge is 0.405 e. The van der Waals surface area contributed by atoms with Crippen molar-refractivity contribution in [2.75, 3.05) is 19.6 Å². The minimum absolute atomic E-state index is 0.449. The van der Waals surface area contributed by atoms with Crippen molar-refractivity contribution in [3.05, 3.63) is 0 Å². The van der Waals surface area contributed by atoms with Crippen LogP contribution in [0, 0.1) is 17.8 Å². The van der Waals surface area contributed by atoms with Gasteiger partial charge < -0.3 is 15.4 Å². The Bertz CT molecular complexity index is 438. The molecule has 0 radical (unpaired) electrons. The third-order valence-corrected chi connectivity index (χ3v) is 6.76. The highest BCUT2D eigenvalue weighted by atomic mass is 16.6. The Morgan fingerprint density at radius 2 is 1.81 bits per heavy atom. The Labute approximate surface area is 167 Å². The summed E-state index contributed by atoms with van der Waals surface area (Å²) in [5.74, 6) is 2.30. The summed E-state index contributed by atoms with van der Waals surface area (Å²) in [6.07, 6.45) is 15.3. The minimum atomic E-state index is -0.644. The van der Waals surface area contributed by atoms with Crippen LogP contribution in [0.15, 0.2) is 0 Å². The Kier molecular flexibility index (Phi) is 9.41. The fourth-order valence-electron chi connectivity index (χ4n) is 5.48. The zero-order valence-corrected chi connectivity index (χ0v) is 18.2. The molecule has 1 saturated heterocycles. The molecule has 2 rings (SSSR count). The first-order valence-electron chi connectivity index (χ1n) is 11.6. The van der Waals surface area contributed by atoms with E-state index < -0.39 is 11.7 Å². The lowest BCUT2D eigenvalue weighted by molar-refractivity contribution is 0.00569. The van der Waals surface area contributed by atoms with Gasteiger partial charge in [0.2, 0.25) is 0 Å². The summed E-state index contributed by atoms with van der Waals surface area (Å²) in [5, 5.41) is 0. The van der Waals surface area contributed by atoms with Crippen LogP contribution in [0.2, 0.25) is 0 Å². The lowest BCUT2D eigenvalue weighted by atomic mass is 9.74. The van der Waals surface area contributed by atoms with E-state index in [9.17, 15) is 4.79 Å². The molecule has 2 aliphatic rings. The second-order valence-electron chi connectivity index (χ2n) is 9.81. The van der Waals surface area contributed by atoms with Gasteiger partial charge in [0.1, 0.15) is 5.60 Å². The molecule has 3 unspecified atom stereocenters. The van der Waals surface area contributed by atoms with Crippen LogP contribution in [-0.2, 0) is 4.74 Å². The zero-order valence-electron chi connectivity index (χ0n) is 18.2. The van der Waals surface area contributed by atoms with Crippen molar-refractivity contribution in [2.24, 2.45) is 23.5 Å². The maximum Gasteiger partial charge on any atom is 0.405 e. The van der Waals surface area contributed by atoms with Gasteiger partial charge in [-0.25, -0.2) is 4.79 Å². The first kappa shape index (κ1) is 22.5. The van der Waals surface area contributed by atoms with Gasteiger partial charge in [-0.1, -0.05) is 45.4 Å². The first-order valence-corrected chi connectivity index (χ1v) is 11.6. The molecule has 4 nitrogen and oxygen atoms in total. The number of carbonyl (C=O) groups excluding carboxylic acids is 1. The second-order valence-corrected chi connectivity index (χ2v) is 9.81. The lowest BCUT2D eigenvalue weighted by Crippen LogP contribution is -2.42. The molecule has 2 fully saturated rings. The van der Waals surface area contributed by atoms with Crippen LogP contribution in [0.25, 0.3) is 0 Å². The Hall–Kier alpha value is -0.770. The van der Waals surface area contributed by atoms with Gasteiger partial charge in [0.15, 0.2) is 0 Å². The van der Waals surface area contributed by atoms with E-state index in [-0.39, 0.29) is 0 Å². The highest BCUT2D eigenvalue weighted by molar-refractivity contribution is 5.65. The summed E-state index contributed by atoms with van der Waals surface area (Å²) in [6.45, 7) is 10.1. The van der Waals surface area contributed by atoms with Gasteiger partial charge in [-0.05, 0) is 76.7 Å². The standard InChI is InChI=1S/C23H44N2O2/c1-4-5-6-7-11-19-12-10-15-25(17-19)18-21-14-9-8-13-20(21)16-23(2,3)27-22(24)26/h19-21H,4-18H2,1-3H3,(H2,24,26). The van der Waals surface area contributed by atoms with E-state index >= 15 is 0 Å². The summed E-state index contributed by atoms with van der Waals surface area (Å²) in [7, 11) is 0. The third kappa shape index (κ3) is 8.41. The van der Waals surface area contributed by atoms with E-state index in [0.717, 1.165) is 18.3 Å². The van der Waals surface area contributed by atoms with Gasteiger partial charge >= 0.3 is 6.09 Å². The predicted octanol–water partition coefficient (Wildman–Crippen LogP) is 5.74. The van der Waals surface area contributed by atoms with Gasteiger partial charge in [-0.3, -0.25) is 0 Å². The van der Waals surface area contributed by atoms with E-state index in [4.69, 9.17) is 10.5 Å². The van der Waals surface area contributed by atoms with Crippen LogP contribution in [0.5, 0.6) is 0 Å². The summed E-state index contributed by atoms with van der Waals surface area (Å²) in [5.41, 5.74) is 4.82. The number of unbranched alkanes of at least 4 members (excludes halogenated alkanes) is 3. The number of ether oxygens (including phenoxy) is 1. The van der Waals surface area contributed by atoms with Gasteiger partial charge in [0, 0.05) is 13.1 Å². The van der Waals surface area contributed by atoms with E-state index in [1.807, 2.05) is 13.8 Å². The lowest BCUT2D eigenvalue weighted by Gasteiger charge is -2.41. The second kappa shape index (κ2) is 11.3. The molecular formula is C23H44N2O2. The third-order valence-electron chi connectivity index (χ3n) is 6.76. The van der Waals surface area contributed by atoms with Crippen LogP contribution in [0.4, 0.5) is 4.79 Å². The van der Waals surface area contributed by atoms with Crippen molar-refractivity contribution in [1.29, 1.82) is 0 Å². The summed E-state index contributed by atoms with van der Waals surface area (Å²) in [6, 6.07) is 0. The predicted molar refractivity (Wildman–Crippen MR) is 113 cm³/mol. The Morgan fingerprint density at radius 1 is 1.07 bits per heavy atom. The summed E-state index contributed by atoms with van der Waals surface area (Å²) in [4.78, 5) is 14.0. The molecule has 0 aromatic heterocycles. The summed E-state index contributed by atoms with van der Waals surface area (Å²) < 4.78 is 5.39. The Balaban J connectivity index is 1.82. The normalized spacial score (nSPS) is 27.4. The number of rotatable bonds is 10. The SMILES string of the molecule is CCCCCCC1CCCN(CC2CCCCC2CC(C)(C)OC(N)=O)C1. The molecule has 27 heavy (non-hydrogen) atoms. The largest absolute Gasteiger partial charge is 0.444 e. The number of hydrogen-bond acceptors (Lipinski definition) is 3. The molecule has 1 saturated carbocycles. The number of amides is 1. The molecule has 0 aromatic rings. The molecule has 1 aliphatic heterocycles. The minimum Gasteiger partial charge on any atom is -0.444 e. The van der Waals surface area contributed by atoms with Crippen molar-refractivity contribution < 1.29 is 9.53 Å². The number of carbonyl (C=O) groups is 1. The van der Waals surface area contributed by atoms with Crippen molar-refractivity contribution >= 4 is 6.09 Å². The Morgan fingerprint density at radius 3 is 2.52 bits per heavy atom. The van der Waals surface area contributed by atoms with Gasteiger partial charge in [-0.2, -0.15) is 0 Å². The number of nitrogens with two attached hydrogens (primary N) is 1. The molecule has 3 atom stereocenters. The van der Waals surface area contributed by atoms with Crippen LogP contribution in [0.3, 0.4) is 0 Å². The van der Waals surface area contributed by atoms with E-state index in [2.05, 4.69) is 11.8 Å². The molecular weight excluding hydrogens is 336 g/mol. The van der Waals surface area contributed by atoms with Gasteiger partial charge in [0.25, 0.3) is 0 Å². The van der Waals surface area contributed by atoms with Gasteiger partial charge in [-0.15, -0.1) is 0 Å². The number of likely N-dealkylation sites (tertiary alicyclic amines) is 1. The maximum absolute atomic E-state index is 11.2. The van der Waals surface area contributed by atoms with Crippen LogP contribution < -0.4 is 5.73 Å². The molecule has 1 aliphatic carbocycles. The average molecular weight is 381 g/mol. The van der Waals surface area contributed by atoms with E-state index in [1.54, 1.807) is 0 Å². The molecule has 1 amide bonds. The molecule has 4 heteroatoms. The number of primary amides is 1. The van der Waals surface area contributed by atoms with Crippen molar-refractivity contribution in [2.45, 2.75) is 103 Å². The quantitative estimate of drug-likeness (QED) is 0.492. The molecule has 0 spiro atoms. The topological polar surface area (TPSA) is 55.6 Å². The fourth-order valence-corrected chi connectivity index (χ4v) is 5.48. The zero-order chi connectivity index (χ0) is 19.7. The monoisotopic (exact) mass is 380 g/mol. The van der Waals surface area contributed by atoms with Crippen LogP contribution in [-0.4, -0.2) is 36.2 Å². The molecule has 1 heterocycles. The fraction of sp³-hybridized carbons (Fsp3) is 0.957. The number of nitrogens with zero attached hydrogens (tertiary/aromatic N) is 1. The highest BCUT2D eigenvalue weighted by Crippen LogP contribution is 2.37. The van der Waals surface area contributed by atoms with E-state index in [0.29, 0.717) is 5.92 Å². The number of hydrogen-bond donors (Lipinski definition) is 1. The summed E-state index contributed by atoms with van der Waals surface area (Å²) >= 11 is 0. The molecule has 158 valence electrons. The van der Waals surface area contributed by atoms with Crippen molar-refractivity contribution in [3.8, 4) is 0 Å². The first-order chi connectivity index (χ1) is 12.9. The molecule has 0 bridgehead atoms. The van der Waals surface area contributed by atoms with Crippen molar-refractivity contribution in [3.63, 3.8) is 0 Å². The highest BCUT2D eigenvalue weighted by Gasteiger charge is 2.34. The van der Waals surface area contributed by atoms with E-state index in [1.165, 1.54) is 90.3 Å². The molecule has 2 N–H and O–H groups in total. The molecule has 0 aromatic carbocycles.